The Labute approximate surface area is 185 Å². The van der Waals surface area contributed by atoms with Crippen molar-refractivity contribution in [1.29, 1.82) is 0 Å². The first kappa shape index (κ1) is 20.6. The van der Waals surface area contributed by atoms with Crippen molar-refractivity contribution < 1.29 is 9.15 Å². The van der Waals surface area contributed by atoms with Crippen LogP contribution in [0.4, 0.5) is 0 Å². The molecule has 0 unspecified atom stereocenters. The highest BCUT2D eigenvalue weighted by atomic mass is 16.5. The predicted octanol–water partition coefficient (Wildman–Crippen LogP) is 2.80. The second-order valence-corrected chi connectivity index (χ2v) is 8.30. The molecule has 1 N–H and O–H groups in total. The first-order valence-electron chi connectivity index (χ1n) is 10.9. The van der Waals surface area contributed by atoms with E-state index in [1.165, 1.54) is 0 Å². The summed E-state index contributed by atoms with van der Waals surface area (Å²) < 4.78 is 13.1. The predicted molar refractivity (Wildman–Crippen MR) is 118 cm³/mol. The van der Waals surface area contributed by atoms with Gasteiger partial charge in [0.1, 0.15) is 5.76 Å². The van der Waals surface area contributed by atoms with Gasteiger partial charge in [0.2, 0.25) is 0 Å². The highest BCUT2D eigenvalue weighted by Gasteiger charge is 2.21. The monoisotopic (exact) mass is 434 g/mol. The number of ether oxygens (including phenoxy) is 1. The van der Waals surface area contributed by atoms with Gasteiger partial charge in [-0.25, -0.2) is 4.68 Å². The van der Waals surface area contributed by atoms with Crippen molar-refractivity contribution in [3.63, 3.8) is 0 Å². The number of furan rings is 1. The molecule has 4 heterocycles. The molecule has 9 nitrogen and oxygen atoms in total. The third-order valence-electron chi connectivity index (χ3n) is 5.89. The van der Waals surface area contributed by atoms with Crippen molar-refractivity contribution in [2.45, 2.75) is 52.0 Å². The van der Waals surface area contributed by atoms with Gasteiger partial charge in [-0.15, -0.1) is 5.10 Å². The molecule has 9 heteroatoms. The molecule has 0 saturated carbocycles. The summed E-state index contributed by atoms with van der Waals surface area (Å²) in [6, 6.07) is 11.8. The van der Waals surface area contributed by atoms with Gasteiger partial charge in [0.25, 0.3) is 5.56 Å². The number of aryl methyl sites for hydroxylation is 1. The number of aromatic nitrogens is 5. The van der Waals surface area contributed by atoms with Gasteiger partial charge in [0.05, 0.1) is 37.5 Å². The lowest BCUT2D eigenvalue weighted by atomic mass is 10.1. The summed E-state index contributed by atoms with van der Waals surface area (Å²) in [5.41, 5.74) is 2.52. The molecule has 1 aromatic carbocycles. The Bertz CT molecular complexity index is 1240. The summed E-state index contributed by atoms with van der Waals surface area (Å²) in [6.07, 6.45) is 3.88. The Balaban J connectivity index is 1.41. The minimum atomic E-state index is -0.0878. The van der Waals surface area contributed by atoms with Crippen LogP contribution in [0.3, 0.4) is 0 Å². The third-order valence-corrected chi connectivity index (χ3v) is 5.89. The Morgan fingerprint density at radius 2 is 2.16 bits per heavy atom. The minimum absolute atomic E-state index is 0.0878. The van der Waals surface area contributed by atoms with E-state index in [-0.39, 0.29) is 11.7 Å². The number of pyridine rings is 1. The van der Waals surface area contributed by atoms with Crippen molar-refractivity contribution in [2.75, 3.05) is 6.61 Å². The summed E-state index contributed by atoms with van der Waals surface area (Å²) in [5.74, 6) is 1.55. The number of aromatic amines is 1. The van der Waals surface area contributed by atoms with Crippen LogP contribution in [0, 0.1) is 6.92 Å². The van der Waals surface area contributed by atoms with Crippen molar-refractivity contribution in [3.8, 4) is 0 Å². The SMILES string of the molecule is Cc1cccc2cc(CN(Cc3ccco3)Cc3nnnn3C[C@H]3CCCO3)c(=O)[nH]c12. The first-order chi connectivity index (χ1) is 15.7. The average molecular weight is 435 g/mol. The summed E-state index contributed by atoms with van der Waals surface area (Å²) in [4.78, 5) is 18.0. The van der Waals surface area contributed by atoms with Gasteiger partial charge in [-0.1, -0.05) is 18.2 Å². The molecule has 5 rings (SSSR count). The second kappa shape index (κ2) is 9.05. The van der Waals surface area contributed by atoms with Crippen LogP contribution >= 0.6 is 0 Å². The average Bonchev–Trinajstić information content (AvgIpc) is 3.54. The van der Waals surface area contributed by atoms with Gasteiger partial charge in [-0.2, -0.15) is 0 Å². The van der Waals surface area contributed by atoms with Crippen molar-refractivity contribution in [3.05, 3.63) is 75.7 Å². The fraction of sp³-hybridized carbons (Fsp3) is 0.391. The Morgan fingerprint density at radius 3 is 2.97 bits per heavy atom. The van der Waals surface area contributed by atoms with Gasteiger partial charge in [0.15, 0.2) is 5.82 Å². The molecule has 0 radical (unpaired) electrons. The van der Waals surface area contributed by atoms with Crippen LogP contribution in [-0.4, -0.2) is 42.8 Å². The Morgan fingerprint density at radius 1 is 1.22 bits per heavy atom. The lowest BCUT2D eigenvalue weighted by Gasteiger charge is -2.21. The van der Waals surface area contributed by atoms with E-state index in [4.69, 9.17) is 9.15 Å². The Kier molecular flexibility index (Phi) is 5.83. The van der Waals surface area contributed by atoms with E-state index in [9.17, 15) is 4.79 Å². The van der Waals surface area contributed by atoms with Crippen LogP contribution in [0.5, 0.6) is 0 Å². The molecule has 0 bridgehead atoms. The number of nitrogens with zero attached hydrogens (tertiary/aromatic N) is 5. The van der Waals surface area contributed by atoms with Gasteiger partial charge in [0, 0.05) is 18.7 Å². The smallest absolute Gasteiger partial charge is 0.252 e. The molecule has 0 aliphatic carbocycles. The number of benzene rings is 1. The quantitative estimate of drug-likeness (QED) is 0.455. The van der Waals surface area contributed by atoms with E-state index >= 15 is 0 Å². The number of tetrazole rings is 1. The molecular formula is C23H26N6O3. The van der Waals surface area contributed by atoms with Crippen molar-refractivity contribution in [2.24, 2.45) is 0 Å². The molecule has 1 aliphatic heterocycles. The summed E-state index contributed by atoms with van der Waals surface area (Å²) in [5, 5.41) is 13.3. The molecular weight excluding hydrogens is 408 g/mol. The van der Waals surface area contributed by atoms with Gasteiger partial charge >= 0.3 is 0 Å². The molecule has 3 aromatic heterocycles. The van der Waals surface area contributed by atoms with E-state index < -0.39 is 0 Å². The zero-order chi connectivity index (χ0) is 21.9. The van der Waals surface area contributed by atoms with E-state index in [2.05, 4.69) is 25.4 Å². The molecule has 166 valence electrons. The van der Waals surface area contributed by atoms with Crippen LogP contribution in [0.25, 0.3) is 10.9 Å². The first-order valence-corrected chi connectivity index (χ1v) is 10.9. The largest absolute Gasteiger partial charge is 0.468 e. The standard InChI is InChI=1S/C23H26N6O3/c1-16-5-2-6-17-11-18(23(30)24-22(16)17)12-28(13-19-7-3-9-31-19)15-21-25-26-27-29(21)14-20-8-4-10-32-20/h2-3,5-7,9,11,20H,4,8,10,12-15H2,1H3,(H,24,30)/t20-/m1/s1. The number of nitrogens with one attached hydrogen (secondary N) is 1. The van der Waals surface area contributed by atoms with Crippen molar-refractivity contribution >= 4 is 10.9 Å². The second-order valence-electron chi connectivity index (χ2n) is 8.30. The van der Waals surface area contributed by atoms with E-state index in [0.29, 0.717) is 31.7 Å². The lowest BCUT2D eigenvalue weighted by molar-refractivity contribution is 0.0913. The summed E-state index contributed by atoms with van der Waals surface area (Å²) in [7, 11) is 0. The van der Waals surface area contributed by atoms with Crippen LogP contribution < -0.4 is 5.56 Å². The highest BCUT2D eigenvalue weighted by molar-refractivity contribution is 5.81. The molecule has 1 atom stereocenters. The number of para-hydroxylation sites is 1. The zero-order valence-corrected chi connectivity index (χ0v) is 18.0. The lowest BCUT2D eigenvalue weighted by Crippen LogP contribution is -2.28. The molecule has 0 spiro atoms. The van der Waals surface area contributed by atoms with Crippen LogP contribution in [-0.2, 0) is 30.9 Å². The normalized spacial score (nSPS) is 16.4. The summed E-state index contributed by atoms with van der Waals surface area (Å²) in [6.45, 7) is 4.86. The van der Waals surface area contributed by atoms with E-state index in [1.807, 2.05) is 43.3 Å². The van der Waals surface area contributed by atoms with Gasteiger partial charge in [-0.05, 0) is 59.3 Å². The van der Waals surface area contributed by atoms with Crippen LogP contribution in [0.2, 0.25) is 0 Å². The molecule has 1 aliphatic rings. The van der Waals surface area contributed by atoms with Gasteiger partial charge in [-0.3, -0.25) is 9.69 Å². The maximum absolute atomic E-state index is 12.9. The fourth-order valence-electron chi connectivity index (χ4n) is 4.24. The third kappa shape index (κ3) is 4.49. The highest BCUT2D eigenvalue weighted by Crippen LogP contribution is 2.18. The number of rotatable bonds is 8. The van der Waals surface area contributed by atoms with Crippen LogP contribution in [0.15, 0.2) is 51.9 Å². The maximum Gasteiger partial charge on any atom is 0.252 e. The van der Waals surface area contributed by atoms with Gasteiger partial charge < -0.3 is 14.1 Å². The molecule has 32 heavy (non-hydrogen) atoms. The Hall–Kier alpha value is -3.30. The van der Waals surface area contributed by atoms with E-state index in [1.54, 1.807) is 10.9 Å². The minimum Gasteiger partial charge on any atom is -0.468 e. The fourth-order valence-corrected chi connectivity index (χ4v) is 4.24. The van der Waals surface area contributed by atoms with Crippen molar-refractivity contribution in [1.82, 2.24) is 30.1 Å². The number of fused-ring (bicyclic) bond motifs is 1. The molecule has 1 saturated heterocycles. The zero-order valence-electron chi connectivity index (χ0n) is 18.0. The topological polar surface area (TPSA) is 102 Å². The summed E-state index contributed by atoms with van der Waals surface area (Å²) >= 11 is 0. The molecule has 1 fully saturated rings. The number of H-pyrrole nitrogens is 1. The number of hydrogen-bond acceptors (Lipinski definition) is 7. The van der Waals surface area contributed by atoms with E-state index in [0.717, 1.165) is 47.5 Å². The molecule has 4 aromatic rings. The van der Waals surface area contributed by atoms with Crippen LogP contribution in [0.1, 0.15) is 35.6 Å². The number of hydrogen-bond donors (Lipinski definition) is 1. The maximum atomic E-state index is 12.9. The molecule has 0 amide bonds.